The van der Waals surface area contributed by atoms with Gasteiger partial charge in [-0.3, -0.25) is 4.79 Å². The molecule has 0 aliphatic carbocycles. The highest BCUT2D eigenvalue weighted by Crippen LogP contribution is 2.28. The van der Waals surface area contributed by atoms with Crippen LogP contribution in [0.3, 0.4) is 0 Å². The molecule has 0 aliphatic heterocycles. The van der Waals surface area contributed by atoms with Gasteiger partial charge in [0.15, 0.2) is 17.3 Å². The first-order chi connectivity index (χ1) is 10.1. The molecular weight excluding hydrogens is 288 g/mol. The number of ketones is 1. The molecule has 0 spiro atoms. The minimum absolute atomic E-state index is 0.0820. The lowest BCUT2D eigenvalue weighted by atomic mass is 10.1. The number of rotatable bonds is 5. The van der Waals surface area contributed by atoms with Gasteiger partial charge in [-0.15, -0.1) is 0 Å². The molecule has 0 aliphatic rings. The van der Waals surface area contributed by atoms with E-state index in [1.54, 1.807) is 50.6 Å². The first-order valence-corrected chi connectivity index (χ1v) is 6.72. The van der Waals surface area contributed by atoms with Crippen LogP contribution in [0.15, 0.2) is 48.5 Å². The Morgan fingerprint density at radius 3 is 2.29 bits per heavy atom. The minimum atomic E-state index is -0.0820. The van der Waals surface area contributed by atoms with Crippen molar-refractivity contribution in [3.8, 4) is 11.5 Å². The molecule has 2 aromatic carbocycles. The Kier molecular flexibility index (Phi) is 5.01. The van der Waals surface area contributed by atoms with Crippen LogP contribution < -0.4 is 9.47 Å². The maximum atomic E-state index is 12.0. The second-order valence-corrected chi connectivity index (χ2v) is 4.76. The molecule has 21 heavy (non-hydrogen) atoms. The van der Waals surface area contributed by atoms with Crippen molar-refractivity contribution < 1.29 is 14.3 Å². The summed E-state index contributed by atoms with van der Waals surface area (Å²) in [5.74, 6) is 1.19. The largest absolute Gasteiger partial charge is 0.493 e. The van der Waals surface area contributed by atoms with E-state index < -0.39 is 0 Å². The Morgan fingerprint density at radius 1 is 1.00 bits per heavy atom. The van der Waals surface area contributed by atoms with E-state index in [0.29, 0.717) is 22.1 Å². The highest BCUT2D eigenvalue weighted by atomic mass is 35.5. The molecule has 3 nitrogen and oxygen atoms in total. The molecule has 0 unspecified atom stereocenters. The van der Waals surface area contributed by atoms with Crippen molar-refractivity contribution in [1.82, 2.24) is 0 Å². The fraction of sp³-hybridized carbons (Fsp3) is 0.118. The first kappa shape index (κ1) is 15.1. The van der Waals surface area contributed by atoms with Gasteiger partial charge in [0.2, 0.25) is 0 Å². The van der Waals surface area contributed by atoms with Crippen LogP contribution in [0.25, 0.3) is 6.08 Å². The zero-order valence-corrected chi connectivity index (χ0v) is 12.6. The Balaban J connectivity index is 2.17. The monoisotopic (exact) mass is 302 g/mol. The molecule has 0 fully saturated rings. The van der Waals surface area contributed by atoms with Crippen LogP contribution in [0, 0.1) is 0 Å². The lowest BCUT2D eigenvalue weighted by molar-refractivity contribution is 0.104. The zero-order valence-electron chi connectivity index (χ0n) is 11.8. The summed E-state index contributed by atoms with van der Waals surface area (Å²) in [6.07, 6.45) is 3.25. The molecule has 108 valence electrons. The summed E-state index contributed by atoms with van der Waals surface area (Å²) in [4.78, 5) is 12.0. The van der Waals surface area contributed by atoms with Gasteiger partial charge in [-0.05, 0) is 48.0 Å². The third kappa shape index (κ3) is 3.86. The number of hydrogen-bond acceptors (Lipinski definition) is 3. The van der Waals surface area contributed by atoms with Crippen LogP contribution >= 0.6 is 11.6 Å². The second-order valence-electron chi connectivity index (χ2n) is 4.32. The molecule has 0 amide bonds. The molecule has 0 saturated carbocycles. The number of allylic oxidation sites excluding steroid dienone is 1. The van der Waals surface area contributed by atoms with E-state index in [0.717, 1.165) is 5.56 Å². The molecule has 0 saturated heterocycles. The van der Waals surface area contributed by atoms with Gasteiger partial charge in [0.25, 0.3) is 0 Å². The normalized spacial score (nSPS) is 10.6. The first-order valence-electron chi connectivity index (χ1n) is 6.34. The van der Waals surface area contributed by atoms with Crippen LogP contribution in [0.5, 0.6) is 11.5 Å². The molecule has 0 aromatic heterocycles. The number of methoxy groups -OCH3 is 2. The smallest absolute Gasteiger partial charge is 0.185 e. The molecule has 0 atom stereocenters. The molecule has 0 bridgehead atoms. The number of benzene rings is 2. The number of ether oxygens (including phenoxy) is 2. The van der Waals surface area contributed by atoms with E-state index in [4.69, 9.17) is 21.1 Å². The number of hydrogen-bond donors (Lipinski definition) is 0. The second kappa shape index (κ2) is 6.95. The van der Waals surface area contributed by atoms with Crippen molar-refractivity contribution in [3.05, 3.63) is 64.7 Å². The average molecular weight is 303 g/mol. The highest BCUT2D eigenvalue weighted by Gasteiger charge is 2.04. The molecular formula is C17H15ClO3. The Hall–Kier alpha value is -2.26. The fourth-order valence-electron chi connectivity index (χ4n) is 1.84. The van der Waals surface area contributed by atoms with E-state index in [-0.39, 0.29) is 5.78 Å². The number of carbonyl (C=O) groups excluding carboxylic acids is 1. The molecule has 4 heteroatoms. The summed E-state index contributed by atoms with van der Waals surface area (Å²) in [7, 11) is 3.15. The SMILES string of the molecule is COc1ccc(/C=C/C(=O)c2ccc(Cl)cc2)cc1OC. The van der Waals surface area contributed by atoms with Gasteiger partial charge >= 0.3 is 0 Å². The zero-order chi connectivity index (χ0) is 15.2. The fourth-order valence-corrected chi connectivity index (χ4v) is 1.96. The van der Waals surface area contributed by atoms with Crippen LogP contribution in [0.1, 0.15) is 15.9 Å². The van der Waals surface area contributed by atoms with E-state index >= 15 is 0 Å². The summed E-state index contributed by atoms with van der Waals surface area (Å²) < 4.78 is 10.4. The van der Waals surface area contributed by atoms with Crippen molar-refractivity contribution in [3.63, 3.8) is 0 Å². The summed E-state index contributed by atoms with van der Waals surface area (Å²) in [5.41, 5.74) is 1.45. The van der Waals surface area contributed by atoms with Crippen LogP contribution in [-0.2, 0) is 0 Å². The minimum Gasteiger partial charge on any atom is -0.493 e. The average Bonchev–Trinajstić information content (AvgIpc) is 2.52. The molecule has 0 heterocycles. The summed E-state index contributed by atoms with van der Waals surface area (Å²) in [6.45, 7) is 0. The van der Waals surface area contributed by atoms with Gasteiger partial charge in [-0.2, -0.15) is 0 Å². The highest BCUT2D eigenvalue weighted by molar-refractivity contribution is 6.30. The molecule has 0 radical (unpaired) electrons. The van der Waals surface area contributed by atoms with Crippen molar-refractivity contribution in [1.29, 1.82) is 0 Å². The van der Waals surface area contributed by atoms with Gasteiger partial charge in [0.05, 0.1) is 14.2 Å². The van der Waals surface area contributed by atoms with Crippen LogP contribution in [0.4, 0.5) is 0 Å². The Labute approximate surface area is 128 Å². The predicted octanol–water partition coefficient (Wildman–Crippen LogP) is 4.25. The van der Waals surface area contributed by atoms with Gasteiger partial charge in [-0.25, -0.2) is 0 Å². The van der Waals surface area contributed by atoms with E-state index in [2.05, 4.69) is 0 Å². The third-order valence-corrected chi connectivity index (χ3v) is 3.22. The van der Waals surface area contributed by atoms with Crippen molar-refractivity contribution in [2.24, 2.45) is 0 Å². The van der Waals surface area contributed by atoms with Gasteiger partial charge in [0, 0.05) is 10.6 Å². The lowest BCUT2D eigenvalue weighted by Crippen LogP contribution is -1.93. The van der Waals surface area contributed by atoms with Crippen molar-refractivity contribution >= 4 is 23.5 Å². The van der Waals surface area contributed by atoms with Crippen molar-refractivity contribution in [2.45, 2.75) is 0 Å². The summed E-state index contributed by atoms with van der Waals surface area (Å²) >= 11 is 5.80. The Morgan fingerprint density at radius 2 is 1.67 bits per heavy atom. The quantitative estimate of drug-likeness (QED) is 0.612. The number of carbonyl (C=O) groups is 1. The van der Waals surface area contributed by atoms with Crippen molar-refractivity contribution in [2.75, 3.05) is 14.2 Å². The van der Waals surface area contributed by atoms with Crippen LogP contribution in [-0.4, -0.2) is 20.0 Å². The summed E-state index contributed by atoms with van der Waals surface area (Å²) in [5, 5.41) is 0.607. The van der Waals surface area contributed by atoms with Gasteiger partial charge in [0.1, 0.15) is 0 Å². The van der Waals surface area contributed by atoms with Crippen LogP contribution in [0.2, 0.25) is 5.02 Å². The maximum Gasteiger partial charge on any atom is 0.185 e. The third-order valence-electron chi connectivity index (χ3n) is 2.96. The molecule has 2 rings (SSSR count). The van der Waals surface area contributed by atoms with E-state index in [1.807, 2.05) is 12.1 Å². The standard InChI is InChI=1S/C17H15ClO3/c1-20-16-10-4-12(11-17(16)21-2)3-9-15(19)13-5-7-14(18)8-6-13/h3-11H,1-2H3/b9-3+. The summed E-state index contributed by atoms with van der Waals surface area (Å²) in [6, 6.07) is 12.2. The van der Waals surface area contributed by atoms with Gasteiger partial charge in [-0.1, -0.05) is 23.7 Å². The predicted molar refractivity (Wildman–Crippen MR) is 84.4 cm³/mol. The van der Waals surface area contributed by atoms with E-state index in [9.17, 15) is 4.79 Å². The number of halogens is 1. The topological polar surface area (TPSA) is 35.5 Å². The van der Waals surface area contributed by atoms with E-state index in [1.165, 1.54) is 6.08 Å². The van der Waals surface area contributed by atoms with Gasteiger partial charge < -0.3 is 9.47 Å². The lowest BCUT2D eigenvalue weighted by Gasteiger charge is -2.07. The molecule has 2 aromatic rings. The molecule has 0 N–H and O–H groups in total. The Bertz CT molecular complexity index is 660. The maximum absolute atomic E-state index is 12.0.